The largest absolute Gasteiger partial charge is 0.449 e. The Hall–Kier alpha value is -1.87. The minimum absolute atomic E-state index is 0.586. The van der Waals surface area contributed by atoms with Crippen molar-refractivity contribution in [3.63, 3.8) is 0 Å². The molecule has 0 amide bonds. The van der Waals surface area contributed by atoms with Crippen LogP contribution in [0.2, 0.25) is 5.02 Å². The molecule has 0 saturated carbocycles. The molecule has 0 bridgehead atoms. The number of fused-ring (bicyclic) bond motifs is 1. The lowest BCUT2D eigenvalue weighted by molar-refractivity contribution is -0.0431. The Morgan fingerprint density at radius 3 is 2.45 bits per heavy atom. The van der Waals surface area contributed by atoms with Crippen molar-refractivity contribution in [2.24, 2.45) is 0 Å². The second-order valence-electron chi connectivity index (χ2n) is 5.25. The Balaban J connectivity index is 1.69. The van der Waals surface area contributed by atoms with Crippen molar-refractivity contribution in [1.82, 2.24) is 0 Å². The van der Waals surface area contributed by atoms with E-state index in [1.165, 1.54) is 5.56 Å². The van der Waals surface area contributed by atoms with Gasteiger partial charge in [0.1, 0.15) is 0 Å². The van der Waals surface area contributed by atoms with E-state index in [9.17, 15) is 0 Å². The summed E-state index contributed by atoms with van der Waals surface area (Å²) in [7, 11) is 0. The highest BCUT2D eigenvalue weighted by molar-refractivity contribution is 6.30. The minimum atomic E-state index is -0.586. The molecule has 4 heteroatoms. The molecule has 2 aromatic carbocycles. The second-order valence-corrected chi connectivity index (χ2v) is 5.68. The molecule has 0 unspecified atom stereocenters. The van der Waals surface area contributed by atoms with Crippen LogP contribution in [-0.4, -0.2) is 5.79 Å². The zero-order valence-electron chi connectivity index (χ0n) is 11.4. The van der Waals surface area contributed by atoms with Gasteiger partial charge in [-0.05, 0) is 29.8 Å². The van der Waals surface area contributed by atoms with E-state index in [0.717, 1.165) is 28.8 Å². The van der Waals surface area contributed by atoms with Crippen LogP contribution in [0.15, 0.2) is 42.5 Å². The average molecular weight is 290 g/mol. The first-order valence-corrected chi connectivity index (χ1v) is 6.90. The fraction of sp³-hybridized carbons (Fsp3) is 0.250. The molecule has 0 spiro atoms. The van der Waals surface area contributed by atoms with Crippen LogP contribution in [-0.2, 0) is 6.54 Å². The van der Waals surface area contributed by atoms with Gasteiger partial charge in [-0.15, -0.1) is 0 Å². The Kier molecular flexibility index (Phi) is 3.22. The normalized spacial score (nSPS) is 15.2. The topological polar surface area (TPSA) is 30.5 Å². The maximum Gasteiger partial charge on any atom is 0.246 e. The second kappa shape index (κ2) is 4.91. The van der Waals surface area contributed by atoms with Crippen LogP contribution in [0.1, 0.15) is 19.4 Å². The fourth-order valence-electron chi connectivity index (χ4n) is 2.14. The molecule has 1 N–H and O–H groups in total. The lowest BCUT2D eigenvalue weighted by atomic mass is 10.2. The van der Waals surface area contributed by atoms with Crippen LogP contribution in [0.4, 0.5) is 5.69 Å². The smallest absolute Gasteiger partial charge is 0.246 e. The summed E-state index contributed by atoms with van der Waals surface area (Å²) >= 11 is 5.87. The van der Waals surface area contributed by atoms with E-state index < -0.39 is 5.79 Å². The average Bonchev–Trinajstić information content (AvgIpc) is 2.71. The summed E-state index contributed by atoms with van der Waals surface area (Å²) in [5.74, 6) is 0.972. The molecule has 104 valence electrons. The fourth-order valence-corrected chi connectivity index (χ4v) is 2.26. The molecule has 1 aliphatic rings. The molecule has 0 saturated heterocycles. The molecule has 1 heterocycles. The molecule has 0 atom stereocenters. The lowest BCUT2D eigenvalue weighted by Crippen LogP contribution is -2.29. The van der Waals surface area contributed by atoms with Crippen LogP contribution >= 0.6 is 11.6 Å². The third-order valence-corrected chi connectivity index (χ3v) is 3.32. The first-order chi connectivity index (χ1) is 9.52. The number of nitrogens with one attached hydrogen (secondary N) is 1. The van der Waals surface area contributed by atoms with E-state index in [1.54, 1.807) is 0 Å². The quantitative estimate of drug-likeness (QED) is 0.905. The summed E-state index contributed by atoms with van der Waals surface area (Å²) in [6, 6.07) is 13.7. The van der Waals surface area contributed by atoms with Gasteiger partial charge in [0, 0.05) is 37.2 Å². The highest BCUT2D eigenvalue weighted by Crippen LogP contribution is 2.40. The molecule has 3 nitrogen and oxygen atoms in total. The van der Waals surface area contributed by atoms with Crippen LogP contribution in [0, 0.1) is 0 Å². The van der Waals surface area contributed by atoms with E-state index in [2.05, 4.69) is 5.32 Å². The Labute approximate surface area is 123 Å². The van der Waals surface area contributed by atoms with E-state index >= 15 is 0 Å². The molecular formula is C16H16ClNO2. The van der Waals surface area contributed by atoms with Crippen molar-refractivity contribution < 1.29 is 9.47 Å². The molecule has 20 heavy (non-hydrogen) atoms. The highest BCUT2D eigenvalue weighted by atomic mass is 35.5. The summed E-state index contributed by atoms with van der Waals surface area (Å²) in [5.41, 5.74) is 2.17. The SMILES string of the molecule is CC1(C)Oc2ccc(NCc3ccc(Cl)cc3)cc2O1. The van der Waals surface area contributed by atoms with Gasteiger partial charge in [0.05, 0.1) is 0 Å². The molecular weight excluding hydrogens is 274 g/mol. The minimum Gasteiger partial charge on any atom is -0.449 e. The van der Waals surface area contributed by atoms with Gasteiger partial charge in [0.25, 0.3) is 0 Å². The maximum absolute atomic E-state index is 5.87. The number of rotatable bonds is 3. The standard InChI is InChI=1S/C16H16ClNO2/c1-16(2)19-14-8-7-13(9-15(14)20-16)18-10-11-3-5-12(17)6-4-11/h3-9,18H,10H2,1-2H3. The monoisotopic (exact) mass is 289 g/mol. The number of benzene rings is 2. The number of halogens is 1. The van der Waals surface area contributed by atoms with Crippen molar-refractivity contribution in [3.8, 4) is 11.5 Å². The molecule has 0 aromatic heterocycles. The summed E-state index contributed by atoms with van der Waals surface area (Å²) in [5, 5.41) is 4.11. The molecule has 1 aliphatic heterocycles. The number of ether oxygens (including phenoxy) is 2. The molecule has 3 rings (SSSR count). The third kappa shape index (κ3) is 2.83. The van der Waals surface area contributed by atoms with Crippen LogP contribution in [0.5, 0.6) is 11.5 Å². The molecule has 2 aromatic rings. The van der Waals surface area contributed by atoms with Crippen molar-refractivity contribution >= 4 is 17.3 Å². The summed E-state index contributed by atoms with van der Waals surface area (Å²) < 4.78 is 11.4. The van der Waals surface area contributed by atoms with E-state index in [1.807, 2.05) is 56.3 Å². The Morgan fingerprint density at radius 1 is 1.00 bits per heavy atom. The summed E-state index contributed by atoms with van der Waals surface area (Å²) in [6.45, 7) is 4.53. The first-order valence-electron chi connectivity index (χ1n) is 6.52. The zero-order chi connectivity index (χ0) is 14.2. The van der Waals surface area contributed by atoms with Gasteiger partial charge in [0.15, 0.2) is 11.5 Å². The predicted octanol–water partition coefficient (Wildman–Crippen LogP) is 4.46. The van der Waals surface area contributed by atoms with Crippen molar-refractivity contribution in [2.75, 3.05) is 5.32 Å². The van der Waals surface area contributed by atoms with Gasteiger partial charge >= 0.3 is 0 Å². The molecule has 0 fully saturated rings. The summed E-state index contributed by atoms with van der Waals surface area (Å²) in [4.78, 5) is 0. The van der Waals surface area contributed by atoms with Gasteiger partial charge < -0.3 is 14.8 Å². The maximum atomic E-state index is 5.87. The van der Waals surface area contributed by atoms with Gasteiger partial charge in [-0.2, -0.15) is 0 Å². The predicted molar refractivity (Wildman–Crippen MR) is 80.6 cm³/mol. The zero-order valence-corrected chi connectivity index (χ0v) is 12.2. The number of hydrogen-bond donors (Lipinski definition) is 1. The number of hydrogen-bond acceptors (Lipinski definition) is 3. The van der Waals surface area contributed by atoms with Crippen molar-refractivity contribution in [2.45, 2.75) is 26.2 Å². The van der Waals surface area contributed by atoms with E-state index in [4.69, 9.17) is 21.1 Å². The summed E-state index contributed by atoms with van der Waals surface area (Å²) in [6.07, 6.45) is 0. The highest BCUT2D eigenvalue weighted by Gasteiger charge is 2.31. The van der Waals surface area contributed by atoms with Crippen molar-refractivity contribution in [3.05, 3.63) is 53.1 Å². The third-order valence-electron chi connectivity index (χ3n) is 3.07. The molecule has 0 aliphatic carbocycles. The van der Waals surface area contributed by atoms with Crippen LogP contribution in [0.25, 0.3) is 0 Å². The first kappa shape index (κ1) is 13.1. The van der Waals surface area contributed by atoms with Gasteiger partial charge in [-0.1, -0.05) is 23.7 Å². The van der Waals surface area contributed by atoms with Gasteiger partial charge in [0.2, 0.25) is 5.79 Å². The van der Waals surface area contributed by atoms with E-state index in [0.29, 0.717) is 0 Å². The Morgan fingerprint density at radius 2 is 1.70 bits per heavy atom. The van der Waals surface area contributed by atoms with Gasteiger partial charge in [-0.3, -0.25) is 0 Å². The lowest BCUT2D eigenvalue weighted by Gasteiger charge is -2.16. The van der Waals surface area contributed by atoms with Crippen molar-refractivity contribution in [1.29, 1.82) is 0 Å². The van der Waals surface area contributed by atoms with Gasteiger partial charge in [-0.25, -0.2) is 0 Å². The number of anilines is 1. The van der Waals surface area contributed by atoms with Crippen LogP contribution in [0.3, 0.4) is 0 Å². The molecule has 0 radical (unpaired) electrons. The van der Waals surface area contributed by atoms with E-state index in [-0.39, 0.29) is 0 Å². The Bertz CT molecular complexity index is 623. The van der Waals surface area contributed by atoms with Crippen LogP contribution < -0.4 is 14.8 Å².